The van der Waals surface area contributed by atoms with Crippen LogP contribution in [0.4, 0.5) is 5.69 Å². The van der Waals surface area contributed by atoms with E-state index in [4.69, 9.17) is 14.2 Å². The van der Waals surface area contributed by atoms with Crippen LogP contribution in [0, 0.1) is 12.8 Å². The number of hydrogen-bond donors (Lipinski definition) is 1. The van der Waals surface area contributed by atoms with Crippen molar-refractivity contribution in [1.82, 2.24) is 10.2 Å². The number of methoxy groups -OCH3 is 2. The fourth-order valence-corrected chi connectivity index (χ4v) is 6.00. The number of ether oxygens (including phenoxy) is 3. The molecule has 210 valence electrons. The summed E-state index contributed by atoms with van der Waals surface area (Å²) in [5.74, 6) is 0.815. The molecule has 38 heavy (non-hydrogen) atoms. The van der Waals surface area contributed by atoms with Crippen LogP contribution in [0.15, 0.2) is 42.5 Å². The number of aryl methyl sites for hydroxylation is 1. The molecule has 0 spiro atoms. The van der Waals surface area contributed by atoms with Crippen molar-refractivity contribution in [3.63, 3.8) is 0 Å². The summed E-state index contributed by atoms with van der Waals surface area (Å²) >= 11 is 0. The topological polar surface area (TPSA) is 97.4 Å². The van der Waals surface area contributed by atoms with E-state index in [0.29, 0.717) is 62.0 Å². The molecule has 2 aromatic carbocycles. The Hall–Kier alpha value is -2.82. The minimum absolute atomic E-state index is 0.0945. The van der Waals surface area contributed by atoms with Crippen molar-refractivity contribution in [1.29, 1.82) is 0 Å². The highest BCUT2D eigenvalue weighted by Crippen LogP contribution is 2.31. The van der Waals surface area contributed by atoms with Crippen LogP contribution in [0.1, 0.15) is 36.2 Å². The minimum atomic E-state index is -3.55. The number of hydrogen-bond acceptors (Lipinski definition) is 7. The lowest BCUT2D eigenvalue weighted by Crippen LogP contribution is -2.49. The van der Waals surface area contributed by atoms with Gasteiger partial charge in [0.05, 0.1) is 31.7 Å². The molecule has 1 heterocycles. The zero-order valence-corrected chi connectivity index (χ0v) is 24.1. The highest BCUT2D eigenvalue weighted by Gasteiger charge is 2.39. The summed E-state index contributed by atoms with van der Waals surface area (Å²) in [7, 11) is -0.348. The second-order valence-electron chi connectivity index (χ2n) is 9.99. The van der Waals surface area contributed by atoms with Crippen LogP contribution in [-0.2, 0) is 14.8 Å². The van der Waals surface area contributed by atoms with Gasteiger partial charge in [0, 0.05) is 57.3 Å². The predicted octanol–water partition coefficient (Wildman–Crippen LogP) is 3.32. The Labute approximate surface area is 227 Å². The van der Waals surface area contributed by atoms with Gasteiger partial charge in [0.25, 0.3) is 5.91 Å². The molecule has 1 aliphatic heterocycles. The highest BCUT2D eigenvalue weighted by atomic mass is 32.2. The van der Waals surface area contributed by atoms with Gasteiger partial charge in [-0.25, -0.2) is 8.42 Å². The molecule has 0 saturated carbocycles. The molecule has 0 unspecified atom stereocenters. The lowest BCUT2D eigenvalue weighted by atomic mass is 10.0. The lowest BCUT2D eigenvalue weighted by molar-refractivity contribution is 0.0673. The molecular weight excluding hydrogens is 506 g/mol. The van der Waals surface area contributed by atoms with Crippen molar-refractivity contribution in [2.45, 2.75) is 39.3 Å². The van der Waals surface area contributed by atoms with E-state index >= 15 is 0 Å². The van der Waals surface area contributed by atoms with Crippen molar-refractivity contribution >= 4 is 21.6 Å². The maximum Gasteiger partial charge on any atom is 0.254 e. The largest absolute Gasteiger partial charge is 0.493 e. The normalized spacial score (nSPS) is 17.4. The van der Waals surface area contributed by atoms with E-state index in [1.54, 1.807) is 37.3 Å². The molecular formula is C28H41N3O6S. The molecule has 1 N–H and O–H groups in total. The molecule has 9 nitrogen and oxygen atoms in total. The number of benzene rings is 2. The maximum absolute atomic E-state index is 13.7. The fourth-order valence-electron chi connectivity index (χ4n) is 4.76. The van der Waals surface area contributed by atoms with Crippen molar-refractivity contribution in [3.8, 4) is 11.5 Å². The first-order chi connectivity index (χ1) is 18.1. The summed E-state index contributed by atoms with van der Waals surface area (Å²) in [6, 6.07) is 12.3. The summed E-state index contributed by atoms with van der Waals surface area (Å²) in [5, 5.41) is 3.35. The molecule has 10 heteroatoms. The molecule has 1 amide bonds. The summed E-state index contributed by atoms with van der Waals surface area (Å²) < 4.78 is 43.7. The maximum atomic E-state index is 13.7. The van der Waals surface area contributed by atoms with E-state index < -0.39 is 10.0 Å². The van der Waals surface area contributed by atoms with Gasteiger partial charge in [0.2, 0.25) is 10.0 Å². The van der Waals surface area contributed by atoms with Gasteiger partial charge in [-0.2, -0.15) is 0 Å². The zero-order valence-electron chi connectivity index (χ0n) is 23.3. The van der Waals surface area contributed by atoms with Gasteiger partial charge in [-0.05, 0) is 51.1 Å². The van der Waals surface area contributed by atoms with Crippen LogP contribution in [-0.4, -0.2) is 84.6 Å². The van der Waals surface area contributed by atoms with Gasteiger partial charge in [-0.15, -0.1) is 0 Å². The Kier molecular flexibility index (Phi) is 10.4. The molecule has 2 aromatic rings. The number of amides is 1. The second kappa shape index (κ2) is 13.3. The molecule has 0 radical (unpaired) electrons. The van der Waals surface area contributed by atoms with Gasteiger partial charge < -0.3 is 24.4 Å². The SMILES string of the molecule is COCCCOc1cc(C(=O)N(C[C@@H]2CNC[C@H]2N(c2ccc(C)cc2)S(C)(=O)=O)C(C)C)ccc1OC. The van der Waals surface area contributed by atoms with E-state index in [-0.39, 0.29) is 23.9 Å². The van der Waals surface area contributed by atoms with Crippen molar-refractivity contribution in [2.75, 3.05) is 57.6 Å². The van der Waals surface area contributed by atoms with Crippen LogP contribution in [0.25, 0.3) is 0 Å². The number of anilines is 1. The van der Waals surface area contributed by atoms with Crippen molar-refractivity contribution in [2.24, 2.45) is 5.92 Å². The first-order valence-electron chi connectivity index (χ1n) is 12.9. The smallest absolute Gasteiger partial charge is 0.254 e. The summed E-state index contributed by atoms with van der Waals surface area (Å²) in [6.45, 7) is 8.43. The third-order valence-electron chi connectivity index (χ3n) is 6.73. The Morgan fingerprint density at radius 3 is 2.37 bits per heavy atom. The van der Waals surface area contributed by atoms with Gasteiger partial charge in [0.15, 0.2) is 11.5 Å². The molecule has 0 aliphatic carbocycles. The number of carbonyl (C=O) groups excluding carboxylic acids is 1. The first kappa shape index (κ1) is 29.7. The second-order valence-corrected chi connectivity index (χ2v) is 11.9. The molecule has 1 fully saturated rings. The summed E-state index contributed by atoms with van der Waals surface area (Å²) in [5.41, 5.74) is 2.17. The van der Waals surface area contributed by atoms with Gasteiger partial charge >= 0.3 is 0 Å². The van der Waals surface area contributed by atoms with Gasteiger partial charge in [-0.1, -0.05) is 17.7 Å². The first-order valence-corrected chi connectivity index (χ1v) is 14.8. The number of sulfonamides is 1. The third-order valence-corrected chi connectivity index (χ3v) is 7.92. The van der Waals surface area contributed by atoms with Gasteiger partial charge in [0.1, 0.15) is 0 Å². The Bertz CT molecular complexity index is 1170. The Morgan fingerprint density at radius 1 is 1.05 bits per heavy atom. The fraction of sp³-hybridized carbons (Fsp3) is 0.536. The van der Waals surface area contributed by atoms with E-state index in [1.807, 2.05) is 45.0 Å². The average molecular weight is 548 g/mol. The number of carbonyl (C=O) groups is 1. The summed E-state index contributed by atoms with van der Waals surface area (Å²) in [6.07, 6.45) is 1.95. The average Bonchev–Trinajstić information content (AvgIpc) is 3.32. The highest BCUT2D eigenvalue weighted by molar-refractivity contribution is 7.92. The quantitative estimate of drug-likeness (QED) is 0.384. The van der Waals surface area contributed by atoms with E-state index in [0.717, 1.165) is 5.56 Å². The molecule has 3 rings (SSSR count). The number of nitrogens with one attached hydrogen (secondary N) is 1. The molecule has 0 bridgehead atoms. The van der Waals surface area contributed by atoms with E-state index in [9.17, 15) is 13.2 Å². The predicted molar refractivity (Wildman–Crippen MR) is 150 cm³/mol. The third kappa shape index (κ3) is 7.39. The van der Waals surface area contributed by atoms with E-state index in [1.165, 1.54) is 10.6 Å². The summed E-state index contributed by atoms with van der Waals surface area (Å²) in [4.78, 5) is 15.5. The molecule has 1 aliphatic rings. The van der Waals surface area contributed by atoms with Crippen LogP contribution in [0.5, 0.6) is 11.5 Å². The van der Waals surface area contributed by atoms with Gasteiger partial charge in [-0.3, -0.25) is 9.10 Å². The van der Waals surface area contributed by atoms with Crippen LogP contribution in [0.2, 0.25) is 0 Å². The standard InChI is InChI=1S/C28H41N3O6S/c1-20(2)30(28(32)22-10-13-26(36-5)27(16-22)37-15-7-14-35-4)19-23-17-29-18-25(23)31(38(6,33)34)24-11-8-21(3)9-12-24/h8-13,16,20,23,25,29H,7,14-15,17-19H2,1-6H3/t23-,25+/m0/s1. The van der Waals surface area contributed by atoms with Crippen LogP contribution in [0.3, 0.4) is 0 Å². The lowest BCUT2D eigenvalue weighted by Gasteiger charge is -2.36. The van der Waals surface area contributed by atoms with Crippen molar-refractivity contribution < 1.29 is 27.4 Å². The molecule has 2 atom stereocenters. The molecule has 1 saturated heterocycles. The monoisotopic (exact) mass is 547 g/mol. The van der Waals surface area contributed by atoms with Crippen LogP contribution >= 0.6 is 0 Å². The Balaban J connectivity index is 1.85. The minimum Gasteiger partial charge on any atom is -0.493 e. The number of rotatable bonds is 13. The van der Waals surface area contributed by atoms with Crippen molar-refractivity contribution in [3.05, 3.63) is 53.6 Å². The molecule has 0 aromatic heterocycles. The zero-order chi connectivity index (χ0) is 27.9. The van der Waals surface area contributed by atoms with Crippen LogP contribution < -0.4 is 19.1 Å². The van der Waals surface area contributed by atoms with E-state index in [2.05, 4.69) is 5.32 Å². The number of nitrogens with zero attached hydrogens (tertiary/aromatic N) is 2. The Morgan fingerprint density at radius 2 is 1.76 bits per heavy atom.